The summed E-state index contributed by atoms with van der Waals surface area (Å²) in [5.74, 6) is 2.01. The van der Waals surface area contributed by atoms with E-state index in [0.29, 0.717) is 34.4 Å². The molecule has 9 heteroatoms. The van der Waals surface area contributed by atoms with Crippen LogP contribution >= 0.6 is 0 Å². The molecule has 0 aliphatic carbocycles. The second-order valence-corrected chi connectivity index (χ2v) is 7.53. The molecule has 2 aromatic carbocycles. The van der Waals surface area contributed by atoms with Crippen molar-refractivity contribution in [3.8, 4) is 17.1 Å². The molecule has 5 rings (SSSR count). The van der Waals surface area contributed by atoms with Crippen LogP contribution in [0.25, 0.3) is 17.2 Å². The number of carbonyl (C=O) groups is 1. The van der Waals surface area contributed by atoms with Crippen LogP contribution in [0.3, 0.4) is 0 Å². The van der Waals surface area contributed by atoms with Gasteiger partial charge in [0.2, 0.25) is 0 Å². The molecule has 0 atom stereocenters. The fourth-order valence-electron chi connectivity index (χ4n) is 3.52. The number of fused-ring (bicyclic) bond motifs is 1. The maximum atomic E-state index is 12.9. The van der Waals surface area contributed by atoms with E-state index in [2.05, 4.69) is 30.7 Å². The number of ether oxygens (including phenoxy) is 1. The van der Waals surface area contributed by atoms with E-state index in [4.69, 9.17) is 4.74 Å². The normalized spacial score (nSPS) is 10.8. The molecule has 2 N–H and O–H groups in total. The number of aromatic nitrogens is 5. The maximum absolute atomic E-state index is 12.9. The van der Waals surface area contributed by atoms with Crippen molar-refractivity contribution in [1.29, 1.82) is 0 Å². The molecule has 0 aliphatic heterocycles. The number of pyridine rings is 1. The van der Waals surface area contributed by atoms with Gasteiger partial charge < -0.3 is 15.4 Å². The number of rotatable bonds is 6. The van der Waals surface area contributed by atoms with Crippen molar-refractivity contribution in [2.75, 3.05) is 17.7 Å². The lowest BCUT2D eigenvalue weighted by Crippen LogP contribution is -2.13. The molecule has 168 valence electrons. The highest BCUT2D eigenvalue weighted by atomic mass is 16.5. The topological polar surface area (TPSA) is 106 Å². The van der Waals surface area contributed by atoms with Gasteiger partial charge in [-0.05, 0) is 49.4 Å². The summed E-state index contributed by atoms with van der Waals surface area (Å²) in [6.45, 7) is 1.89. The summed E-state index contributed by atoms with van der Waals surface area (Å²) in [7, 11) is 1.57. The predicted molar refractivity (Wildman–Crippen MR) is 129 cm³/mol. The number of nitrogens with one attached hydrogen (secondary N) is 2. The molecule has 3 heterocycles. The predicted octanol–water partition coefficient (Wildman–Crippen LogP) is 4.50. The van der Waals surface area contributed by atoms with Gasteiger partial charge in [0, 0.05) is 41.0 Å². The third kappa shape index (κ3) is 4.26. The minimum Gasteiger partial charge on any atom is -0.495 e. The quantitative estimate of drug-likeness (QED) is 0.391. The molecule has 0 saturated carbocycles. The standard InChI is InChI=1S/C25H21N7O2/c1-16-13-22(32-25(27-16)30-23(31-32)18-8-6-12-26-15-18)28-19-9-5-7-17(14-19)24(33)29-20-10-3-4-11-21(20)34-2/h3-15,28H,1-2H3,(H,29,33). The van der Waals surface area contributed by atoms with E-state index < -0.39 is 0 Å². The Labute approximate surface area is 195 Å². The summed E-state index contributed by atoms with van der Waals surface area (Å²) < 4.78 is 6.95. The summed E-state index contributed by atoms with van der Waals surface area (Å²) in [5.41, 5.74) is 3.40. The second kappa shape index (κ2) is 8.99. The van der Waals surface area contributed by atoms with Gasteiger partial charge in [0.25, 0.3) is 11.7 Å². The molecular formula is C25H21N7O2. The average molecular weight is 451 g/mol. The van der Waals surface area contributed by atoms with Crippen LogP contribution in [0.4, 0.5) is 17.2 Å². The largest absolute Gasteiger partial charge is 0.495 e. The van der Waals surface area contributed by atoms with Gasteiger partial charge in [-0.3, -0.25) is 9.78 Å². The van der Waals surface area contributed by atoms with E-state index in [-0.39, 0.29) is 5.91 Å². The van der Waals surface area contributed by atoms with Crippen LogP contribution in [-0.2, 0) is 0 Å². The van der Waals surface area contributed by atoms with Crippen molar-refractivity contribution in [3.05, 3.63) is 90.4 Å². The lowest BCUT2D eigenvalue weighted by molar-refractivity contribution is 0.102. The first-order chi connectivity index (χ1) is 16.6. The minimum atomic E-state index is -0.246. The number of anilines is 3. The van der Waals surface area contributed by atoms with E-state index in [1.165, 1.54) is 0 Å². The van der Waals surface area contributed by atoms with Crippen LogP contribution in [-0.4, -0.2) is 37.6 Å². The van der Waals surface area contributed by atoms with Gasteiger partial charge in [-0.1, -0.05) is 18.2 Å². The van der Waals surface area contributed by atoms with Crippen LogP contribution in [0.2, 0.25) is 0 Å². The molecule has 1 amide bonds. The highest BCUT2D eigenvalue weighted by Gasteiger charge is 2.14. The molecule has 5 aromatic rings. The highest BCUT2D eigenvalue weighted by Crippen LogP contribution is 2.25. The van der Waals surface area contributed by atoms with Crippen LogP contribution in [0.15, 0.2) is 79.1 Å². The van der Waals surface area contributed by atoms with Gasteiger partial charge in [0.15, 0.2) is 5.82 Å². The van der Waals surface area contributed by atoms with Gasteiger partial charge in [-0.2, -0.15) is 9.50 Å². The SMILES string of the molecule is COc1ccccc1NC(=O)c1cccc(Nc2cc(C)nc3nc(-c4cccnc4)nn23)c1. The monoisotopic (exact) mass is 451 g/mol. The molecule has 0 radical (unpaired) electrons. The van der Waals surface area contributed by atoms with Crippen molar-refractivity contribution < 1.29 is 9.53 Å². The molecule has 0 saturated heterocycles. The zero-order chi connectivity index (χ0) is 23.5. The summed E-state index contributed by atoms with van der Waals surface area (Å²) in [6, 6.07) is 20.1. The van der Waals surface area contributed by atoms with Crippen molar-refractivity contribution in [2.24, 2.45) is 0 Å². The number of carbonyl (C=O) groups excluding carboxylic acids is 1. The van der Waals surface area contributed by atoms with Crippen LogP contribution in [0, 0.1) is 6.92 Å². The molecule has 0 bridgehead atoms. The van der Waals surface area contributed by atoms with Crippen LogP contribution in [0.5, 0.6) is 5.75 Å². The number of hydrogen-bond donors (Lipinski definition) is 2. The van der Waals surface area contributed by atoms with E-state index in [0.717, 1.165) is 16.9 Å². The second-order valence-electron chi connectivity index (χ2n) is 7.53. The molecule has 0 aliphatic rings. The smallest absolute Gasteiger partial charge is 0.255 e. The number of nitrogens with zero attached hydrogens (tertiary/aromatic N) is 5. The zero-order valence-electron chi connectivity index (χ0n) is 18.6. The summed E-state index contributed by atoms with van der Waals surface area (Å²) >= 11 is 0. The summed E-state index contributed by atoms with van der Waals surface area (Å²) in [4.78, 5) is 26.0. The van der Waals surface area contributed by atoms with Gasteiger partial charge >= 0.3 is 0 Å². The fraction of sp³-hybridized carbons (Fsp3) is 0.0800. The third-order valence-electron chi connectivity index (χ3n) is 5.11. The number of benzene rings is 2. The Kier molecular flexibility index (Phi) is 5.57. The van der Waals surface area contributed by atoms with Crippen molar-refractivity contribution in [1.82, 2.24) is 24.6 Å². The highest BCUT2D eigenvalue weighted by molar-refractivity contribution is 6.05. The van der Waals surface area contributed by atoms with Gasteiger partial charge in [-0.25, -0.2) is 4.98 Å². The Morgan fingerprint density at radius 2 is 1.88 bits per heavy atom. The maximum Gasteiger partial charge on any atom is 0.255 e. The molecule has 0 spiro atoms. The first-order valence-corrected chi connectivity index (χ1v) is 10.6. The molecule has 9 nitrogen and oxygen atoms in total. The lowest BCUT2D eigenvalue weighted by atomic mass is 10.1. The summed E-state index contributed by atoms with van der Waals surface area (Å²) in [5, 5.41) is 10.8. The van der Waals surface area contributed by atoms with Crippen molar-refractivity contribution >= 4 is 28.9 Å². The Morgan fingerprint density at radius 3 is 2.71 bits per heavy atom. The van der Waals surface area contributed by atoms with E-state index in [1.807, 2.05) is 49.4 Å². The molecular weight excluding hydrogens is 430 g/mol. The Balaban J connectivity index is 1.44. The third-order valence-corrected chi connectivity index (χ3v) is 5.11. The number of para-hydroxylation sites is 2. The fourth-order valence-corrected chi connectivity index (χ4v) is 3.52. The summed E-state index contributed by atoms with van der Waals surface area (Å²) in [6.07, 6.45) is 3.41. The minimum absolute atomic E-state index is 0.246. The van der Waals surface area contributed by atoms with Gasteiger partial charge in [0.1, 0.15) is 11.6 Å². The number of amides is 1. The number of aryl methyl sites for hydroxylation is 1. The number of hydrogen-bond acceptors (Lipinski definition) is 7. The van der Waals surface area contributed by atoms with E-state index >= 15 is 0 Å². The number of methoxy groups -OCH3 is 1. The first-order valence-electron chi connectivity index (χ1n) is 10.6. The van der Waals surface area contributed by atoms with Gasteiger partial charge in [0.05, 0.1) is 12.8 Å². The van der Waals surface area contributed by atoms with Crippen LogP contribution in [0.1, 0.15) is 16.1 Å². The Morgan fingerprint density at radius 1 is 1.00 bits per heavy atom. The molecule has 34 heavy (non-hydrogen) atoms. The van der Waals surface area contributed by atoms with Crippen molar-refractivity contribution in [3.63, 3.8) is 0 Å². The zero-order valence-corrected chi connectivity index (χ0v) is 18.6. The Bertz CT molecular complexity index is 1480. The molecule has 0 unspecified atom stereocenters. The van der Waals surface area contributed by atoms with E-state index in [1.54, 1.807) is 48.3 Å². The van der Waals surface area contributed by atoms with Gasteiger partial charge in [-0.15, -0.1) is 5.10 Å². The lowest BCUT2D eigenvalue weighted by Gasteiger charge is -2.12. The Hall–Kier alpha value is -4.79. The first kappa shape index (κ1) is 21.1. The van der Waals surface area contributed by atoms with Crippen molar-refractivity contribution in [2.45, 2.75) is 6.92 Å². The molecule has 3 aromatic heterocycles. The molecule has 0 fully saturated rings. The van der Waals surface area contributed by atoms with Crippen LogP contribution < -0.4 is 15.4 Å². The van der Waals surface area contributed by atoms with E-state index in [9.17, 15) is 4.79 Å². The average Bonchev–Trinajstić information content (AvgIpc) is 3.29.